The standard InChI is InChI=1S/C11H12INO/c1-3-5-6-14-10-7-9(4-2)13-11(12)8-10/h2,7-8H,3,5-6H2,1H3. The second-order valence-corrected chi connectivity index (χ2v) is 3.96. The van der Waals surface area contributed by atoms with Crippen molar-refractivity contribution in [3.63, 3.8) is 0 Å². The molecule has 0 N–H and O–H groups in total. The van der Waals surface area contributed by atoms with Crippen molar-refractivity contribution in [2.75, 3.05) is 6.61 Å². The number of halogens is 1. The summed E-state index contributed by atoms with van der Waals surface area (Å²) in [6.07, 6.45) is 7.46. The van der Waals surface area contributed by atoms with Crippen molar-refractivity contribution in [2.24, 2.45) is 0 Å². The van der Waals surface area contributed by atoms with Crippen molar-refractivity contribution < 1.29 is 4.74 Å². The van der Waals surface area contributed by atoms with Crippen LogP contribution in [0.15, 0.2) is 12.1 Å². The van der Waals surface area contributed by atoms with E-state index in [0.717, 1.165) is 28.9 Å². The van der Waals surface area contributed by atoms with Crippen LogP contribution in [0.4, 0.5) is 0 Å². The highest BCUT2D eigenvalue weighted by atomic mass is 127. The van der Waals surface area contributed by atoms with Crippen LogP contribution >= 0.6 is 22.6 Å². The van der Waals surface area contributed by atoms with Gasteiger partial charge in [0.2, 0.25) is 0 Å². The maximum atomic E-state index is 5.53. The van der Waals surface area contributed by atoms with E-state index in [1.54, 1.807) is 6.07 Å². The molecule has 74 valence electrons. The van der Waals surface area contributed by atoms with Crippen LogP contribution in [-0.4, -0.2) is 11.6 Å². The smallest absolute Gasteiger partial charge is 0.124 e. The second-order valence-electron chi connectivity index (χ2n) is 2.86. The highest BCUT2D eigenvalue weighted by Gasteiger charge is 1.99. The number of pyridine rings is 1. The molecule has 0 unspecified atom stereocenters. The SMILES string of the molecule is C#Cc1cc(OCCCC)cc(I)n1. The Morgan fingerprint density at radius 3 is 3.00 bits per heavy atom. The molecule has 0 spiro atoms. The predicted molar refractivity (Wildman–Crippen MR) is 65.3 cm³/mol. The maximum absolute atomic E-state index is 5.53. The maximum Gasteiger partial charge on any atom is 0.124 e. The van der Waals surface area contributed by atoms with Crippen LogP contribution in [0.5, 0.6) is 5.75 Å². The Balaban J connectivity index is 2.68. The first kappa shape index (κ1) is 11.3. The van der Waals surface area contributed by atoms with Crippen LogP contribution in [0, 0.1) is 16.0 Å². The molecular formula is C11H12INO. The van der Waals surface area contributed by atoms with Crippen molar-refractivity contribution in [1.29, 1.82) is 0 Å². The van der Waals surface area contributed by atoms with E-state index in [2.05, 4.69) is 40.4 Å². The molecule has 0 fully saturated rings. The molecule has 1 heterocycles. The molecule has 0 atom stereocenters. The second kappa shape index (κ2) is 5.86. The number of terminal acetylenes is 1. The molecule has 14 heavy (non-hydrogen) atoms. The summed E-state index contributed by atoms with van der Waals surface area (Å²) in [4.78, 5) is 4.15. The Morgan fingerprint density at radius 2 is 2.36 bits per heavy atom. The molecule has 0 aliphatic rings. The number of unbranched alkanes of at least 4 members (excludes halogenated alkanes) is 1. The lowest BCUT2D eigenvalue weighted by Gasteiger charge is -2.05. The molecule has 0 saturated heterocycles. The Hall–Kier alpha value is -0.760. The van der Waals surface area contributed by atoms with E-state index in [1.807, 2.05) is 6.07 Å². The summed E-state index contributed by atoms with van der Waals surface area (Å²) in [5.41, 5.74) is 0.628. The molecule has 3 heteroatoms. The monoisotopic (exact) mass is 301 g/mol. The van der Waals surface area contributed by atoms with Crippen molar-refractivity contribution in [2.45, 2.75) is 19.8 Å². The molecule has 0 bridgehead atoms. The van der Waals surface area contributed by atoms with E-state index in [0.29, 0.717) is 5.69 Å². The molecule has 2 nitrogen and oxygen atoms in total. The molecule has 0 amide bonds. The molecule has 0 radical (unpaired) electrons. The first-order chi connectivity index (χ1) is 6.76. The van der Waals surface area contributed by atoms with Gasteiger partial charge in [-0.15, -0.1) is 6.42 Å². The third-order valence-electron chi connectivity index (χ3n) is 1.68. The van der Waals surface area contributed by atoms with E-state index >= 15 is 0 Å². The van der Waals surface area contributed by atoms with Gasteiger partial charge in [-0.05, 0) is 29.0 Å². The summed E-state index contributed by atoms with van der Waals surface area (Å²) in [5.74, 6) is 3.31. The Bertz CT molecular complexity index is 344. The zero-order valence-corrected chi connectivity index (χ0v) is 10.2. The molecule has 0 aliphatic carbocycles. The zero-order valence-electron chi connectivity index (χ0n) is 8.09. The van der Waals surface area contributed by atoms with Crippen LogP contribution in [0.1, 0.15) is 25.5 Å². The fraction of sp³-hybridized carbons (Fsp3) is 0.364. The first-order valence-electron chi connectivity index (χ1n) is 4.53. The fourth-order valence-electron chi connectivity index (χ4n) is 0.965. The topological polar surface area (TPSA) is 22.1 Å². The van der Waals surface area contributed by atoms with Crippen LogP contribution in [0.3, 0.4) is 0 Å². The summed E-state index contributed by atoms with van der Waals surface area (Å²) < 4.78 is 6.39. The molecule has 0 aromatic carbocycles. The minimum absolute atomic E-state index is 0.628. The normalized spacial score (nSPS) is 9.50. The summed E-state index contributed by atoms with van der Waals surface area (Å²) in [7, 11) is 0. The van der Waals surface area contributed by atoms with Crippen LogP contribution < -0.4 is 4.74 Å². The van der Waals surface area contributed by atoms with E-state index < -0.39 is 0 Å². The molecule has 1 aromatic heterocycles. The van der Waals surface area contributed by atoms with Gasteiger partial charge in [-0.2, -0.15) is 0 Å². The number of rotatable bonds is 4. The minimum Gasteiger partial charge on any atom is -0.493 e. The summed E-state index contributed by atoms with van der Waals surface area (Å²) in [6.45, 7) is 2.87. The average molecular weight is 301 g/mol. The van der Waals surface area contributed by atoms with Gasteiger partial charge in [-0.25, -0.2) is 4.98 Å². The zero-order chi connectivity index (χ0) is 10.4. The number of nitrogens with zero attached hydrogens (tertiary/aromatic N) is 1. The van der Waals surface area contributed by atoms with E-state index in [1.165, 1.54) is 0 Å². The predicted octanol–water partition coefficient (Wildman–Crippen LogP) is 2.85. The van der Waals surface area contributed by atoms with Gasteiger partial charge in [0.05, 0.1) is 6.61 Å². The van der Waals surface area contributed by atoms with Crippen LogP contribution in [0.25, 0.3) is 0 Å². The average Bonchev–Trinajstić information content (AvgIpc) is 2.17. The molecule has 0 aliphatic heterocycles. The number of ether oxygens (including phenoxy) is 1. The lowest BCUT2D eigenvalue weighted by atomic mass is 10.3. The fourth-order valence-corrected chi connectivity index (χ4v) is 1.53. The molecular weight excluding hydrogens is 289 g/mol. The molecule has 1 rings (SSSR count). The number of aromatic nitrogens is 1. The highest BCUT2D eigenvalue weighted by molar-refractivity contribution is 14.1. The van der Waals surface area contributed by atoms with E-state index in [-0.39, 0.29) is 0 Å². The van der Waals surface area contributed by atoms with Gasteiger partial charge in [0, 0.05) is 12.1 Å². The largest absolute Gasteiger partial charge is 0.493 e. The number of hydrogen-bond donors (Lipinski definition) is 0. The van der Waals surface area contributed by atoms with E-state index in [9.17, 15) is 0 Å². The lowest BCUT2D eigenvalue weighted by molar-refractivity contribution is 0.308. The van der Waals surface area contributed by atoms with Crippen LogP contribution in [0.2, 0.25) is 0 Å². The summed E-state index contributed by atoms with van der Waals surface area (Å²) in [6, 6.07) is 3.68. The number of hydrogen-bond acceptors (Lipinski definition) is 2. The van der Waals surface area contributed by atoms with Crippen molar-refractivity contribution in [3.8, 4) is 18.1 Å². The quantitative estimate of drug-likeness (QED) is 0.369. The first-order valence-corrected chi connectivity index (χ1v) is 5.61. The van der Waals surface area contributed by atoms with Gasteiger partial charge in [0.15, 0.2) is 0 Å². The van der Waals surface area contributed by atoms with Gasteiger partial charge in [-0.1, -0.05) is 19.3 Å². The summed E-state index contributed by atoms with van der Waals surface area (Å²) in [5, 5.41) is 0. The van der Waals surface area contributed by atoms with Gasteiger partial charge in [0.25, 0.3) is 0 Å². The minimum atomic E-state index is 0.628. The van der Waals surface area contributed by atoms with E-state index in [4.69, 9.17) is 11.2 Å². The van der Waals surface area contributed by atoms with Crippen molar-refractivity contribution >= 4 is 22.6 Å². The van der Waals surface area contributed by atoms with Gasteiger partial charge in [0.1, 0.15) is 15.1 Å². The van der Waals surface area contributed by atoms with Gasteiger partial charge >= 0.3 is 0 Å². The van der Waals surface area contributed by atoms with Crippen LogP contribution in [-0.2, 0) is 0 Å². The Morgan fingerprint density at radius 1 is 1.57 bits per heavy atom. The third-order valence-corrected chi connectivity index (χ3v) is 2.23. The highest BCUT2D eigenvalue weighted by Crippen LogP contribution is 2.15. The van der Waals surface area contributed by atoms with Crippen molar-refractivity contribution in [3.05, 3.63) is 21.5 Å². The molecule has 0 saturated carbocycles. The lowest BCUT2D eigenvalue weighted by Crippen LogP contribution is -1.98. The van der Waals surface area contributed by atoms with Gasteiger partial charge < -0.3 is 4.74 Å². The third kappa shape index (κ3) is 3.54. The molecule has 1 aromatic rings. The summed E-state index contributed by atoms with van der Waals surface area (Å²) >= 11 is 2.13. The Kier molecular flexibility index (Phi) is 4.74. The Labute approximate surface area is 98.2 Å². The van der Waals surface area contributed by atoms with Gasteiger partial charge in [-0.3, -0.25) is 0 Å². The van der Waals surface area contributed by atoms with Crippen molar-refractivity contribution in [1.82, 2.24) is 4.98 Å².